The van der Waals surface area contributed by atoms with Crippen molar-refractivity contribution in [3.8, 4) is 44.9 Å². The molecule has 9 aromatic rings. The Morgan fingerprint density at radius 2 is 1.00 bits per heavy atom. The summed E-state index contributed by atoms with van der Waals surface area (Å²) in [5.41, 5.74) is 7.38. The van der Waals surface area contributed by atoms with Crippen LogP contribution in [0.15, 0.2) is 158 Å². The van der Waals surface area contributed by atoms with Crippen molar-refractivity contribution in [1.29, 1.82) is 0 Å². The molecule has 45 heavy (non-hydrogen) atoms. The van der Waals surface area contributed by atoms with Crippen molar-refractivity contribution in [2.75, 3.05) is 0 Å². The molecule has 1 heterocycles. The monoisotopic (exact) mass is 570 g/mol. The molecule has 0 bridgehead atoms. The van der Waals surface area contributed by atoms with Gasteiger partial charge in [-0.1, -0.05) is 133 Å². The molecule has 1 nitrogen and oxygen atoms in total. The summed E-state index contributed by atoms with van der Waals surface area (Å²) in [5.74, 6) is 1.83. The number of hydrogen-bond acceptors (Lipinski definition) is 1. The van der Waals surface area contributed by atoms with E-state index in [2.05, 4.69) is 146 Å². The van der Waals surface area contributed by atoms with E-state index < -0.39 is 0 Å². The van der Waals surface area contributed by atoms with Crippen LogP contribution in [0.4, 0.5) is 0 Å². The Labute approximate surface area is 260 Å². The number of hydrogen-bond donors (Lipinski definition) is 0. The van der Waals surface area contributed by atoms with Gasteiger partial charge in [-0.15, -0.1) is 0 Å². The Hall–Kier alpha value is -5.92. The standard InChI is InChI=1S/C44H26O/c1-3-12-31-27(9-1)11-7-15-36(31)43-34-13-4-2-10-28(34)26-40-33-21-19-29(25-30(33)20-22-39(40)43)32-23-24-42-44-37(32)16-8-17-38(44)35-14-5-6-18-41(35)45-42/h1-26H. The third-order valence-electron chi connectivity index (χ3n) is 9.63. The van der Waals surface area contributed by atoms with Crippen molar-refractivity contribution in [2.24, 2.45) is 0 Å². The summed E-state index contributed by atoms with van der Waals surface area (Å²) in [7, 11) is 0. The lowest BCUT2D eigenvalue weighted by atomic mass is 9.87. The second kappa shape index (κ2) is 9.29. The zero-order chi connectivity index (χ0) is 29.5. The van der Waals surface area contributed by atoms with E-state index >= 15 is 0 Å². The van der Waals surface area contributed by atoms with Gasteiger partial charge in [0.1, 0.15) is 11.5 Å². The molecule has 0 aliphatic carbocycles. The highest BCUT2D eigenvalue weighted by molar-refractivity contribution is 6.22. The summed E-state index contributed by atoms with van der Waals surface area (Å²) < 4.78 is 6.37. The van der Waals surface area contributed by atoms with Crippen LogP contribution in [0, 0.1) is 0 Å². The Morgan fingerprint density at radius 1 is 0.311 bits per heavy atom. The summed E-state index contributed by atoms with van der Waals surface area (Å²) in [4.78, 5) is 0. The van der Waals surface area contributed by atoms with Gasteiger partial charge in [-0.05, 0) is 101 Å². The molecule has 0 unspecified atom stereocenters. The molecule has 208 valence electrons. The number of benzene rings is 9. The van der Waals surface area contributed by atoms with Crippen LogP contribution >= 0.6 is 0 Å². The van der Waals surface area contributed by atoms with E-state index in [1.807, 2.05) is 12.1 Å². The van der Waals surface area contributed by atoms with Gasteiger partial charge in [-0.3, -0.25) is 0 Å². The summed E-state index contributed by atoms with van der Waals surface area (Å²) in [6, 6.07) is 57.4. The molecule has 0 amide bonds. The molecule has 0 aromatic heterocycles. The van der Waals surface area contributed by atoms with E-state index in [9.17, 15) is 0 Å². The van der Waals surface area contributed by atoms with Crippen LogP contribution < -0.4 is 4.74 Å². The van der Waals surface area contributed by atoms with Crippen molar-refractivity contribution >= 4 is 53.9 Å². The Morgan fingerprint density at radius 3 is 1.96 bits per heavy atom. The normalized spacial score (nSPS) is 12.2. The second-order valence-electron chi connectivity index (χ2n) is 12.0. The zero-order valence-electron chi connectivity index (χ0n) is 24.4. The van der Waals surface area contributed by atoms with Gasteiger partial charge in [-0.25, -0.2) is 0 Å². The highest BCUT2D eigenvalue weighted by atomic mass is 16.5. The maximum Gasteiger partial charge on any atom is 0.135 e. The van der Waals surface area contributed by atoms with E-state index in [1.54, 1.807) is 0 Å². The van der Waals surface area contributed by atoms with E-state index in [-0.39, 0.29) is 0 Å². The lowest BCUT2D eigenvalue weighted by Crippen LogP contribution is -1.97. The highest BCUT2D eigenvalue weighted by Crippen LogP contribution is 2.49. The molecule has 0 atom stereocenters. The maximum absolute atomic E-state index is 6.37. The number of ether oxygens (including phenoxy) is 1. The van der Waals surface area contributed by atoms with Crippen LogP contribution in [-0.2, 0) is 0 Å². The first-order valence-corrected chi connectivity index (χ1v) is 15.5. The van der Waals surface area contributed by atoms with Gasteiger partial charge in [0.2, 0.25) is 0 Å². The van der Waals surface area contributed by atoms with Gasteiger partial charge >= 0.3 is 0 Å². The summed E-state index contributed by atoms with van der Waals surface area (Å²) in [6.45, 7) is 0. The molecule has 1 aliphatic rings. The van der Waals surface area contributed by atoms with Gasteiger partial charge in [0.05, 0.1) is 0 Å². The minimum Gasteiger partial charge on any atom is -0.456 e. The van der Waals surface area contributed by atoms with Crippen LogP contribution in [-0.4, -0.2) is 0 Å². The van der Waals surface area contributed by atoms with Crippen molar-refractivity contribution in [3.63, 3.8) is 0 Å². The van der Waals surface area contributed by atoms with Gasteiger partial charge in [0.15, 0.2) is 0 Å². The van der Waals surface area contributed by atoms with Crippen LogP contribution in [0.5, 0.6) is 11.5 Å². The fourth-order valence-electron chi connectivity index (χ4n) is 7.61. The Bertz CT molecular complexity index is 2670. The van der Waals surface area contributed by atoms with Crippen molar-refractivity contribution < 1.29 is 4.74 Å². The van der Waals surface area contributed by atoms with E-state index in [0.29, 0.717) is 0 Å². The summed E-state index contributed by atoms with van der Waals surface area (Å²) in [6.07, 6.45) is 0. The molecule has 9 aromatic carbocycles. The molecule has 0 saturated heterocycles. The molecule has 10 rings (SSSR count). The number of para-hydroxylation sites is 1. The summed E-state index contributed by atoms with van der Waals surface area (Å²) in [5, 5.41) is 12.5. The first-order chi connectivity index (χ1) is 22.3. The van der Waals surface area contributed by atoms with Crippen molar-refractivity contribution in [3.05, 3.63) is 158 Å². The van der Waals surface area contributed by atoms with E-state index in [4.69, 9.17) is 4.74 Å². The molecule has 0 radical (unpaired) electrons. The topological polar surface area (TPSA) is 9.23 Å². The molecule has 1 aliphatic heterocycles. The van der Waals surface area contributed by atoms with Crippen LogP contribution in [0.25, 0.3) is 87.2 Å². The number of rotatable bonds is 2. The molecule has 1 heteroatoms. The minimum atomic E-state index is 0.915. The van der Waals surface area contributed by atoms with Crippen LogP contribution in [0.2, 0.25) is 0 Å². The lowest BCUT2D eigenvalue weighted by molar-refractivity contribution is 0.487. The van der Waals surface area contributed by atoms with Gasteiger partial charge in [-0.2, -0.15) is 0 Å². The average molecular weight is 571 g/mol. The summed E-state index contributed by atoms with van der Waals surface area (Å²) >= 11 is 0. The molecule has 0 N–H and O–H groups in total. The molecule has 0 fully saturated rings. The second-order valence-corrected chi connectivity index (χ2v) is 12.0. The first-order valence-electron chi connectivity index (χ1n) is 15.5. The molecule has 0 spiro atoms. The molecular weight excluding hydrogens is 544 g/mol. The first kappa shape index (κ1) is 24.5. The number of fused-ring (bicyclic) bond motifs is 7. The van der Waals surface area contributed by atoms with Gasteiger partial charge < -0.3 is 4.74 Å². The fourth-order valence-corrected chi connectivity index (χ4v) is 7.61. The predicted molar refractivity (Wildman–Crippen MR) is 190 cm³/mol. The quantitative estimate of drug-likeness (QED) is 0.148. The van der Waals surface area contributed by atoms with Crippen LogP contribution in [0.1, 0.15) is 0 Å². The van der Waals surface area contributed by atoms with Gasteiger partial charge in [0, 0.05) is 10.9 Å². The SMILES string of the molecule is c1ccc2c(c1)Oc1ccc(-c3ccc4c(ccc5c(-c6cccc7ccccc67)c6ccccc6cc54)c3)c3cccc-2c13. The van der Waals surface area contributed by atoms with Crippen molar-refractivity contribution in [2.45, 2.75) is 0 Å². The van der Waals surface area contributed by atoms with Gasteiger partial charge in [0.25, 0.3) is 0 Å². The third-order valence-corrected chi connectivity index (χ3v) is 9.63. The van der Waals surface area contributed by atoms with Crippen LogP contribution in [0.3, 0.4) is 0 Å². The Balaban J connectivity index is 1.21. The fraction of sp³-hybridized carbons (Fsp3) is 0. The largest absolute Gasteiger partial charge is 0.456 e. The molecular formula is C44H26O. The lowest BCUT2D eigenvalue weighted by Gasteiger charge is -2.22. The van der Waals surface area contributed by atoms with Crippen molar-refractivity contribution in [1.82, 2.24) is 0 Å². The molecule has 0 saturated carbocycles. The average Bonchev–Trinajstić information content (AvgIpc) is 3.10. The predicted octanol–water partition coefficient (Wildman–Crippen LogP) is 12.6. The van der Waals surface area contributed by atoms with E-state index in [0.717, 1.165) is 17.1 Å². The minimum absolute atomic E-state index is 0.915. The highest BCUT2D eigenvalue weighted by Gasteiger charge is 2.21. The van der Waals surface area contributed by atoms with E-state index in [1.165, 1.54) is 81.7 Å². The Kier molecular flexibility index (Phi) is 5.06. The third kappa shape index (κ3) is 3.56. The zero-order valence-corrected chi connectivity index (χ0v) is 24.4. The smallest absolute Gasteiger partial charge is 0.135 e. The maximum atomic E-state index is 6.37.